The Bertz CT molecular complexity index is 420. The van der Waals surface area contributed by atoms with Crippen molar-refractivity contribution in [2.24, 2.45) is 11.7 Å². The van der Waals surface area contributed by atoms with Crippen LogP contribution >= 0.6 is 0 Å². The van der Waals surface area contributed by atoms with Crippen LogP contribution in [-0.2, 0) is 5.41 Å². The van der Waals surface area contributed by atoms with Crippen molar-refractivity contribution < 1.29 is 0 Å². The number of hydrogen-bond acceptors (Lipinski definition) is 1. The Labute approximate surface area is 117 Å². The Hall–Kier alpha value is -0.820. The van der Waals surface area contributed by atoms with Crippen LogP contribution in [0.2, 0.25) is 0 Å². The van der Waals surface area contributed by atoms with Crippen LogP contribution in [0.25, 0.3) is 0 Å². The van der Waals surface area contributed by atoms with E-state index in [1.165, 1.54) is 44.1 Å². The van der Waals surface area contributed by atoms with Crippen LogP contribution in [0.3, 0.4) is 0 Å². The lowest BCUT2D eigenvalue weighted by Crippen LogP contribution is -2.31. The van der Waals surface area contributed by atoms with Gasteiger partial charge in [0, 0.05) is 11.5 Å². The fourth-order valence-corrected chi connectivity index (χ4v) is 3.82. The first-order valence-corrected chi connectivity index (χ1v) is 7.98. The highest BCUT2D eigenvalue weighted by Crippen LogP contribution is 2.50. The van der Waals surface area contributed by atoms with Crippen molar-refractivity contribution in [3.63, 3.8) is 0 Å². The second-order valence-corrected chi connectivity index (χ2v) is 7.02. The third-order valence-electron chi connectivity index (χ3n) is 5.63. The van der Waals surface area contributed by atoms with Crippen LogP contribution in [-0.4, -0.2) is 6.04 Å². The molecule has 0 saturated heterocycles. The van der Waals surface area contributed by atoms with E-state index in [2.05, 4.69) is 38.1 Å². The molecule has 0 aromatic heterocycles. The lowest BCUT2D eigenvalue weighted by molar-refractivity contribution is 0.348. The van der Waals surface area contributed by atoms with Gasteiger partial charge < -0.3 is 5.73 Å². The van der Waals surface area contributed by atoms with E-state index in [1.807, 2.05) is 0 Å². The van der Waals surface area contributed by atoms with E-state index in [0.29, 0.717) is 5.41 Å². The number of nitrogens with two attached hydrogens (primary N) is 1. The SMILES string of the molecule is CC1CCC(c2ccc(C3(C(C)N)CC3)cc2)CC1. The molecule has 2 saturated carbocycles. The van der Waals surface area contributed by atoms with Gasteiger partial charge in [-0.1, -0.05) is 44.0 Å². The van der Waals surface area contributed by atoms with Gasteiger partial charge in [0.2, 0.25) is 0 Å². The molecule has 0 amide bonds. The Balaban J connectivity index is 1.73. The van der Waals surface area contributed by atoms with Crippen molar-refractivity contribution in [1.82, 2.24) is 0 Å². The molecule has 1 heteroatoms. The summed E-state index contributed by atoms with van der Waals surface area (Å²) in [6.45, 7) is 4.54. The predicted octanol–water partition coefficient (Wildman–Crippen LogP) is 4.36. The van der Waals surface area contributed by atoms with Gasteiger partial charge in [0.25, 0.3) is 0 Å². The van der Waals surface area contributed by atoms with Gasteiger partial charge in [-0.2, -0.15) is 0 Å². The van der Waals surface area contributed by atoms with E-state index < -0.39 is 0 Å². The fourth-order valence-electron chi connectivity index (χ4n) is 3.82. The first-order valence-electron chi connectivity index (χ1n) is 7.98. The third kappa shape index (κ3) is 2.45. The molecular weight excluding hydrogens is 230 g/mol. The van der Waals surface area contributed by atoms with Crippen LogP contribution < -0.4 is 5.73 Å². The molecule has 1 aromatic carbocycles. The molecule has 2 N–H and O–H groups in total. The van der Waals surface area contributed by atoms with Gasteiger partial charge >= 0.3 is 0 Å². The average molecular weight is 257 g/mol. The number of benzene rings is 1. The van der Waals surface area contributed by atoms with Crippen LogP contribution in [0, 0.1) is 5.92 Å². The molecule has 0 heterocycles. The molecule has 1 aromatic rings. The molecule has 1 atom stereocenters. The molecule has 19 heavy (non-hydrogen) atoms. The maximum Gasteiger partial charge on any atom is 0.0108 e. The van der Waals surface area contributed by atoms with Crippen LogP contribution in [0.1, 0.15) is 69.4 Å². The monoisotopic (exact) mass is 257 g/mol. The molecule has 1 unspecified atom stereocenters. The van der Waals surface area contributed by atoms with Gasteiger partial charge in [0.05, 0.1) is 0 Å². The molecule has 0 radical (unpaired) electrons. The molecule has 0 bridgehead atoms. The number of rotatable bonds is 3. The van der Waals surface area contributed by atoms with E-state index in [-0.39, 0.29) is 6.04 Å². The highest BCUT2D eigenvalue weighted by Gasteiger charge is 2.47. The molecule has 0 aliphatic heterocycles. The van der Waals surface area contributed by atoms with Gasteiger partial charge in [-0.25, -0.2) is 0 Å². The molecule has 2 fully saturated rings. The molecule has 104 valence electrons. The quantitative estimate of drug-likeness (QED) is 0.855. The lowest BCUT2D eigenvalue weighted by Gasteiger charge is -2.27. The zero-order valence-corrected chi connectivity index (χ0v) is 12.4. The molecule has 2 aliphatic carbocycles. The highest BCUT2D eigenvalue weighted by atomic mass is 14.7. The normalized spacial score (nSPS) is 30.9. The zero-order valence-electron chi connectivity index (χ0n) is 12.4. The van der Waals surface area contributed by atoms with E-state index in [9.17, 15) is 0 Å². The molecule has 2 aliphatic rings. The highest BCUT2D eigenvalue weighted by molar-refractivity contribution is 5.36. The third-order valence-corrected chi connectivity index (χ3v) is 5.63. The summed E-state index contributed by atoms with van der Waals surface area (Å²) >= 11 is 0. The summed E-state index contributed by atoms with van der Waals surface area (Å²) in [4.78, 5) is 0. The zero-order chi connectivity index (χ0) is 13.5. The Morgan fingerprint density at radius 1 is 1.05 bits per heavy atom. The summed E-state index contributed by atoms with van der Waals surface area (Å²) in [5.74, 6) is 1.74. The molecule has 0 spiro atoms. The predicted molar refractivity (Wildman–Crippen MR) is 81.4 cm³/mol. The Morgan fingerprint density at radius 3 is 2.11 bits per heavy atom. The van der Waals surface area contributed by atoms with E-state index in [4.69, 9.17) is 5.73 Å². The number of hydrogen-bond donors (Lipinski definition) is 1. The van der Waals surface area contributed by atoms with Crippen molar-refractivity contribution in [2.45, 2.75) is 69.7 Å². The van der Waals surface area contributed by atoms with Crippen molar-refractivity contribution in [1.29, 1.82) is 0 Å². The van der Waals surface area contributed by atoms with Gasteiger partial charge in [0.1, 0.15) is 0 Å². The second kappa shape index (κ2) is 4.94. The van der Waals surface area contributed by atoms with E-state index in [1.54, 1.807) is 5.56 Å². The van der Waals surface area contributed by atoms with Crippen molar-refractivity contribution in [2.75, 3.05) is 0 Å². The van der Waals surface area contributed by atoms with Crippen LogP contribution in [0.15, 0.2) is 24.3 Å². The maximum atomic E-state index is 6.16. The first kappa shape index (κ1) is 13.2. The minimum absolute atomic E-state index is 0.286. The summed E-state index contributed by atoms with van der Waals surface area (Å²) in [5, 5.41) is 0. The fraction of sp³-hybridized carbons (Fsp3) is 0.667. The van der Waals surface area contributed by atoms with E-state index in [0.717, 1.165) is 11.8 Å². The average Bonchev–Trinajstić information content (AvgIpc) is 3.21. The first-order chi connectivity index (χ1) is 9.12. The maximum absolute atomic E-state index is 6.16. The van der Waals surface area contributed by atoms with Gasteiger partial charge in [0.15, 0.2) is 0 Å². The topological polar surface area (TPSA) is 26.0 Å². The van der Waals surface area contributed by atoms with Crippen LogP contribution in [0.4, 0.5) is 0 Å². The molecule has 3 rings (SSSR count). The van der Waals surface area contributed by atoms with Crippen molar-refractivity contribution in [3.8, 4) is 0 Å². The summed E-state index contributed by atoms with van der Waals surface area (Å²) in [7, 11) is 0. The van der Waals surface area contributed by atoms with Gasteiger partial charge in [-0.3, -0.25) is 0 Å². The summed E-state index contributed by atoms with van der Waals surface area (Å²) in [6.07, 6.45) is 8.08. The largest absolute Gasteiger partial charge is 0.327 e. The van der Waals surface area contributed by atoms with E-state index >= 15 is 0 Å². The Kier molecular flexibility index (Phi) is 3.42. The summed E-state index contributed by atoms with van der Waals surface area (Å²) in [5.41, 5.74) is 9.49. The molecule has 1 nitrogen and oxygen atoms in total. The van der Waals surface area contributed by atoms with Crippen molar-refractivity contribution in [3.05, 3.63) is 35.4 Å². The minimum Gasteiger partial charge on any atom is -0.327 e. The van der Waals surface area contributed by atoms with Gasteiger partial charge in [-0.15, -0.1) is 0 Å². The minimum atomic E-state index is 0.286. The van der Waals surface area contributed by atoms with Crippen LogP contribution in [0.5, 0.6) is 0 Å². The van der Waals surface area contributed by atoms with Gasteiger partial charge in [-0.05, 0) is 55.6 Å². The molecular formula is C18H27N. The smallest absolute Gasteiger partial charge is 0.0108 e. The second-order valence-electron chi connectivity index (χ2n) is 7.02. The Morgan fingerprint density at radius 2 is 1.63 bits per heavy atom. The summed E-state index contributed by atoms with van der Waals surface area (Å²) in [6, 6.07) is 9.73. The standard InChI is InChI=1S/C18H27N/c1-13-3-5-15(6-4-13)16-7-9-17(10-8-16)18(11-12-18)14(2)19/h7-10,13-15H,3-6,11-12,19H2,1-2H3. The lowest BCUT2D eigenvalue weighted by atomic mass is 9.79. The summed E-state index contributed by atoms with van der Waals surface area (Å²) < 4.78 is 0. The van der Waals surface area contributed by atoms with Crippen molar-refractivity contribution >= 4 is 0 Å².